The summed E-state index contributed by atoms with van der Waals surface area (Å²) in [6.07, 6.45) is 1.70. The topological polar surface area (TPSA) is 38.7 Å². The first kappa shape index (κ1) is 12.8. The van der Waals surface area contributed by atoms with E-state index in [1.54, 1.807) is 18.0 Å². The van der Waals surface area contributed by atoms with Gasteiger partial charge in [-0.25, -0.2) is 4.98 Å². The van der Waals surface area contributed by atoms with Crippen molar-refractivity contribution in [2.24, 2.45) is 0 Å². The molecule has 0 aliphatic rings. The first-order valence-electron chi connectivity index (χ1n) is 6.34. The zero-order chi connectivity index (χ0) is 13.6. The highest BCUT2D eigenvalue weighted by atomic mass is 32.2. The van der Waals surface area contributed by atoms with Gasteiger partial charge in [0.05, 0.1) is 11.9 Å². The standard InChI is InChI=1S/C16H13N3S/c1-3-7-13(8-4-1)12-20-16-18-15(11-17-19-16)14-9-5-2-6-10-14/h1-11H,12H2. The molecule has 20 heavy (non-hydrogen) atoms. The Kier molecular flexibility index (Phi) is 4.04. The lowest BCUT2D eigenvalue weighted by molar-refractivity contribution is 0.844. The predicted molar refractivity (Wildman–Crippen MR) is 81.3 cm³/mol. The van der Waals surface area contributed by atoms with E-state index in [4.69, 9.17) is 0 Å². The van der Waals surface area contributed by atoms with Gasteiger partial charge in [0.2, 0.25) is 5.16 Å². The van der Waals surface area contributed by atoms with Crippen molar-refractivity contribution in [1.82, 2.24) is 15.2 Å². The van der Waals surface area contributed by atoms with E-state index >= 15 is 0 Å². The van der Waals surface area contributed by atoms with Crippen LogP contribution in [0.15, 0.2) is 72.0 Å². The summed E-state index contributed by atoms with van der Waals surface area (Å²) in [6.45, 7) is 0. The molecule has 0 bridgehead atoms. The van der Waals surface area contributed by atoms with Crippen LogP contribution in [-0.2, 0) is 5.75 Å². The van der Waals surface area contributed by atoms with Gasteiger partial charge < -0.3 is 0 Å². The van der Waals surface area contributed by atoms with E-state index in [1.807, 2.05) is 48.5 Å². The maximum Gasteiger partial charge on any atom is 0.209 e. The summed E-state index contributed by atoms with van der Waals surface area (Å²) in [6, 6.07) is 20.3. The van der Waals surface area contributed by atoms with Gasteiger partial charge in [0.25, 0.3) is 0 Å². The van der Waals surface area contributed by atoms with Crippen molar-refractivity contribution in [2.45, 2.75) is 10.9 Å². The Morgan fingerprint density at radius 3 is 2.30 bits per heavy atom. The monoisotopic (exact) mass is 279 g/mol. The van der Waals surface area contributed by atoms with E-state index < -0.39 is 0 Å². The van der Waals surface area contributed by atoms with Gasteiger partial charge in [0, 0.05) is 11.3 Å². The zero-order valence-electron chi connectivity index (χ0n) is 10.8. The fourth-order valence-corrected chi connectivity index (χ4v) is 2.57. The van der Waals surface area contributed by atoms with Crippen LogP contribution < -0.4 is 0 Å². The number of hydrogen-bond donors (Lipinski definition) is 0. The van der Waals surface area contributed by atoms with E-state index in [2.05, 4.69) is 27.3 Å². The summed E-state index contributed by atoms with van der Waals surface area (Å²) in [4.78, 5) is 4.55. The van der Waals surface area contributed by atoms with Crippen molar-refractivity contribution < 1.29 is 0 Å². The first-order valence-corrected chi connectivity index (χ1v) is 7.32. The van der Waals surface area contributed by atoms with Gasteiger partial charge in [-0.2, -0.15) is 5.10 Å². The molecule has 3 aromatic rings. The normalized spacial score (nSPS) is 10.4. The summed E-state index contributed by atoms with van der Waals surface area (Å²) in [5.74, 6) is 0.848. The summed E-state index contributed by atoms with van der Waals surface area (Å²) in [5.41, 5.74) is 3.17. The molecule has 0 spiro atoms. The van der Waals surface area contributed by atoms with Crippen molar-refractivity contribution in [3.63, 3.8) is 0 Å². The van der Waals surface area contributed by atoms with Crippen LogP contribution in [0.5, 0.6) is 0 Å². The molecule has 0 saturated heterocycles. The Balaban J connectivity index is 1.75. The average molecular weight is 279 g/mol. The molecule has 0 N–H and O–H groups in total. The van der Waals surface area contributed by atoms with Gasteiger partial charge in [0.1, 0.15) is 0 Å². The molecule has 3 nitrogen and oxygen atoms in total. The average Bonchev–Trinajstić information content (AvgIpc) is 2.55. The van der Waals surface area contributed by atoms with Gasteiger partial charge in [0.15, 0.2) is 0 Å². The molecule has 1 heterocycles. The first-order chi connectivity index (χ1) is 9.92. The fraction of sp³-hybridized carbons (Fsp3) is 0.0625. The van der Waals surface area contributed by atoms with Crippen LogP contribution in [0.4, 0.5) is 0 Å². The number of benzene rings is 2. The predicted octanol–water partition coefficient (Wildman–Crippen LogP) is 3.83. The summed E-state index contributed by atoms with van der Waals surface area (Å²) < 4.78 is 0. The molecule has 0 unspecified atom stereocenters. The van der Waals surface area contributed by atoms with E-state index in [0.717, 1.165) is 17.0 Å². The molecule has 1 aromatic heterocycles. The number of thioether (sulfide) groups is 1. The van der Waals surface area contributed by atoms with Crippen LogP contribution >= 0.6 is 11.8 Å². The lowest BCUT2D eigenvalue weighted by Gasteiger charge is -2.03. The molecule has 0 fully saturated rings. The highest BCUT2D eigenvalue weighted by Crippen LogP contribution is 2.21. The second kappa shape index (κ2) is 6.30. The van der Waals surface area contributed by atoms with Crippen molar-refractivity contribution in [3.8, 4) is 11.3 Å². The van der Waals surface area contributed by atoms with E-state index in [-0.39, 0.29) is 0 Å². The lowest BCUT2D eigenvalue weighted by atomic mass is 10.2. The Morgan fingerprint density at radius 1 is 0.850 bits per heavy atom. The molecule has 3 rings (SSSR count). The summed E-state index contributed by atoms with van der Waals surface area (Å²) in [5, 5.41) is 8.83. The van der Waals surface area contributed by atoms with Crippen LogP contribution in [0, 0.1) is 0 Å². The highest BCUT2D eigenvalue weighted by molar-refractivity contribution is 7.98. The molecule has 0 saturated carbocycles. The Morgan fingerprint density at radius 2 is 1.55 bits per heavy atom. The van der Waals surface area contributed by atoms with Crippen molar-refractivity contribution in [1.29, 1.82) is 0 Å². The second-order valence-electron chi connectivity index (χ2n) is 4.26. The van der Waals surface area contributed by atoms with E-state index in [1.165, 1.54) is 5.56 Å². The zero-order valence-corrected chi connectivity index (χ0v) is 11.6. The smallest absolute Gasteiger partial charge is 0.209 e. The Hall–Kier alpha value is -2.20. The fourth-order valence-electron chi connectivity index (χ4n) is 1.82. The third-order valence-electron chi connectivity index (χ3n) is 2.82. The quantitative estimate of drug-likeness (QED) is 0.680. The van der Waals surface area contributed by atoms with Crippen molar-refractivity contribution in [3.05, 3.63) is 72.4 Å². The third-order valence-corrected chi connectivity index (χ3v) is 3.73. The molecule has 0 amide bonds. The largest absolute Gasteiger partial charge is 0.219 e. The van der Waals surface area contributed by atoms with Crippen molar-refractivity contribution >= 4 is 11.8 Å². The van der Waals surface area contributed by atoms with Crippen LogP contribution in [0.3, 0.4) is 0 Å². The van der Waals surface area contributed by atoms with E-state index in [9.17, 15) is 0 Å². The van der Waals surface area contributed by atoms with Gasteiger partial charge in [-0.05, 0) is 5.56 Å². The molecule has 0 radical (unpaired) electrons. The molecule has 0 aliphatic carbocycles. The Bertz CT molecular complexity index is 672. The molecular weight excluding hydrogens is 266 g/mol. The van der Waals surface area contributed by atoms with Crippen LogP contribution in [0.2, 0.25) is 0 Å². The highest BCUT2D eigenvalue weighted by Gasteiger charge is 2.04. The summed E-state index contributed by atoms with van der Waals surface area (Å²) >= 11 is 1.60. The van der Waals surface area contributed by atoms with Gasteiger partial charge in [-0.1, -0.05) is 72.4 Å². The SMILES string of the molecule is c1ccc(CSc2nncc(-c3ccccc3)n2)cc1. The number of rotatable bonds is 4. The maximum absolute atomic E-state index is 4.55. The minimum atomic E-state index is 0.704. The number of aromatic nitrogens is 3. The van der Waals surface area contributed by atoms with Gasteiger partial charge >= 0.3 is 0 Å². The van der Waals surface area contributed by atoms with Gasteiger partial charge in [-0.3, -0.25) is 0 Å². The molecule has 0 aliphatic heterocycles. The minimum Gasteiger partial charge on any atom is -0.219 e. The molecule has 2 aromatic carbocycles. The molecular formula is C16H13N3S. The summed E-state index contributed by atoms with van der Waals surface area (Å²) in [7, 11) is 0. The second-order valence-corrected chi connectivity index (χ2v) is 5.21. The molecule has 98 valence electrons. The van der Waals surface area contributed by atoms with E-state index in [0.29, 0.717) is 5.16 Å². The van der Waals surface area contributed by atoms with Crippen LogP contribution in [-0.4, -0.2) is 15.2 Å². The van der Waals surface area contributed by atoms with Crippen molar-refractivity contribution in [2.75, 3.05) is 0 Å². The third kappa shape index (κ3) is 3.22. The lowest BCUT2D eigenvalue weighted by Crippen LogP contribution is -1.93. The maximum atomic E-state index is 4.55. The minimum absolute atomic E-state index is 0.704. The van der Waals surface area contributed by atoms with Gasteiger partial charge in [-0.15, -0.1) is 5.10 Å². The van der Waals surface area contributed by atoms with Crippen LogP contribution in [0.25, 0.3) is 11.3 Å². The molecule has 0 atom stereocenters. The number of hydrogen-bond acceptors (Lipinski definition) is 4. The number of nitrogens with zero attached hydrogens (tertiary/aromatic N) is 3. The van der Waals surface area contributed by atoms with Crippen LogP contribution in [0.1, 0.15) is 5.56 Å². The Labute approximate surface area is 122 Å². The molecule has 4 heteroatoms.